The van der Waals surface area contributed by atoms with Gasteiger partial charge in [0, 0.05) is 36.3 Å². The van der Waals surface area contributed by atoms with Crippen LogP contribution in [0, 0.1) is 6.92 Å². The Hall–Kier alpha value is -2.87. The van der Waals surface area contributed by atoms with Gasteiger partial charge in [-0.2, -0.15) is 0 Å². The van der Waals surface area contributed by atoms with Crippen LogP contribution >= 0.6 is 11.8 Å². The topological polar surface area (TPSA) is 90.1 Å². The first-order chi connectivity index (χ1) is 13.2. The fourth-order valence-electron chi connectivity index (χ4n) is 2.40. The molecule has 8 heteroatoms. The van der Waals surface area contributed by atoms with Crippen LogP contribution in [0.1, 0.15) is 34.3 Å². The lowest BCUT2D eigenvalue weighted by Crippen LogP contribution is -2.24. The second-order valence-electron chi connectivity index (χ2n) is 5.66. The Morgan fingerprint density at radius 1 is 1.26 bits per heavy atom. The van der Waals surface area contributed by atoms with E-state index in [0.717, 1.165) is 17.0 Å². The molecule has 1 N–H and O–H groups in total. The normalized spacial score (nSPS) is 10.6. The standard InChI is InChI=1S/C19H20N4O3S/c1-3-25-18-14(6-4-8-20-18)11-22-17(24)16-7-5-9-21-19(16)27-12-15-10-13(2)26-23-15/h4-10H,3,11-12H2,1-2H3,(H,22,24). The maximum atomic E-state index is 12.7. The minimum atomic E-state index is -0.201. The molecule has 0 unspecified atom stereocenters. The third-order valence-corrected chi connectivity index (χ3v) is 4.66. The van der Waals surface area contributed by atoms with E-state index in [2.05, 4.69) is 20.4 Å². The van der Waals surface area contributed by atoms with Gasteiger partial charge >= 0.3 is 0 Å². The Morgan fingerprint density at radius 2 is 2.07 bits per heavy atom. The summed E-state index contributed by atoms with van der Waals surface area (Å²) in [6.45, 7) is 4.58. The van der Waals surface area contributed by atoms with E-state index in [1.807, 2.05) is 32.0 Å². The molecule has 0 aliphatic carbocycles. The Morgan fingerprint density at radius 3 is 2.85 bits per heavy atom. The molecule has 140 valence electrons. The van der Waals surface area contributed by atoms with E-state index in [9.17, 15) is 4.79 Å². The Bertz CT molecular complexity index is 913. The van der Waals surface area contributed by atoms with E-state index in [1.54, 1.807) is 24.5 Å². The highest BCUT2D eigenvalue weighted by Gasteiger charge is 2.14. The van der Waals surface area contributed by atoms with E-state index in [-0.39, 0.29) is 5.91 Å². The van der Waals surface area contributed by atoms with Crippen molar-refractivity contribution in [3.8, 4) is 5.88 Å². The molecule has 27 heavy (non-hydrogen) atoms. The highest BCUT2D eigenvalue weighted by Crippen LogP contribution is 2.24. The zero-order valence-corrected chi connectivity index (χ0v) is 16.0. The van der Waals surface area contributed by atoms with Crippen LogP contribution in [-0.4, -0.2) is 27.6 Å². The van der Waals surface area contributed by atoms with Crippen molar-refractivity contribution in [3.05, 3.63) is 65.3 Å². The second kappa shape index (κ2) is 9.18. The van der Waals surface area contributed by atoms with Gasteiger partial charge < -0.3 is 14.6 Å². The number of hydrogen-bond donors (Lipinski definition) is 1. The lowest BCUT2D eigenvalue weighted by Gasteiger charge is -2.11. The minimum absolute atomic E-state index is 0.201. The van der Waals surface area contributed by atoms with Crippen LogP contribution in [0.2, 0.25) is 0 Å². The smallest absolute Gasteiger partial charge is 0.254 e. The number of carbonyl (C=O) groups is 1. The molecular weight excluding hydrogens is 364 g/mol. The van der Waals surface area contributed by atoms with Crippen molar-refractivity contribution in [2.45, 2.75) is 31.2 Å². The number of aromatic nitrogens is 3. The van der Waals surface area contributed by atoms with E-state index < -0.39 is 0 Å². The summed E-state index contributed by atoms with van der Waals surface area (Å²) in [5, 5.41) is 7.52. The lowest BCUT2D eigenvalue weighted by molar-refractivity contribution is 0.0947. The second-order valence-corrected chi connectivity index (χ2v) is 6.62. The molecule has 3 rings (SSSR count). The number of pyridine rings is 2. The van der Waals surface area contributed by atoms with Gasteiger partial charge in [-0.15, -0.1) is 0 Å². The van der Waals surface area contributed by atoms with Gasteiger partial charge in [-0.05, 0) is 32.0 Å². The molecule has 0 aromatic carbocycles. The largest absolute Gasteiger partial charge is 0.478 e. The lowest BCUT2D eigenvalue weighted by atomic mass is 10.2. The van der Waals surface area contributed by atoms with Crippen molar-refractivity contribution in [1.82, 2.24) is 20.4 Å². The summed E-state index contributed by atoms with van der Waals surface area (Å²) < 4.78 is 10.6. The van der Waals surface area contributed by atoms with Crippen molar-refractivity contribution < 1.29 is 14.1 Å². The number of aryl methyl sites for hydroxylation is 1. The van der Waals surface area contributed by atoms with Crippen LogP contribution in [-0.2, 0) is 12.3 Å². The summed E-state index contributed by atoms with van der Waals surface area (Å²) in [5.74, 6) is 1.66. The zero-order valence-electron chi connectivity index (χ0n) is 15.1. The molecule has 0 aliphatic rings. The summed E-state index contributed by atoms with van der Waals surface area (Å²) in [4.78, 5) is 21.2. The Kier molecular flexibility index (Phi) is 6.43. The summed E-state index contributed by atoms with van der Waals surface area (Å²) >= 11 is 1.44. The van der Waals surface area contributed by atoms with Crippen molar-refractivity contribution in [2.24, 2.45) is 0 Å². The SMILES string of the molecule is CCOc1ncccc1CNC(=O)c1cccnc1SCc1cc(C)on1. The number of thioether (sulfide) groups is 1. The van der Waals surface area contributed by atoms with Gasteiger partial charge in [0.15, 0.2) is 0 Å². The Labute approximate surface area is 161 Å². The molecule has 0 saturated heterocycles. The molecule has 3 aromatic heterocycles. The number of nitrogens with zero attached hydrogens (tertiary/aromatic N) is 3. The van der Waals surface area contributed by atoms with E-state index in [4.69, 9.17) is 9.26 Å². The Balaban J connectivity index is 1.66. The summed E-state index contributed by atoms with van der Waals surface area (Å²) in [5.41, 5.74) is 2.15. The van der Waals surface area contributed by atoms with Crippen molar-refractivity contribution >= 4 is 17.7 Å². The average Bonchev–Trinajstić information content (AvgIpc) is 3.11. The van der Waals surface area contributed by atoms with Gasteiger partial charge in [-0.1, -0.05) is 23.0 Å². The fourth-order valence-corrected chi connectivity index (χ4v) is 3.28. The molecule has 0 atom stereocenters. The van der Waals surface area contributed by atoms with Crippen LogP contribution in [0.5, 0.6) is 5.88 Å². The third kappa shape index (κ3) is 5.07. The molecular formula is C19H20N4O3S. The number of carbonyl (C=O) groups excluding carboxylic acids is 1. The molecule has 0 radical (unpaired) electrons. The molecule has 3 heterocycles. The van der Waals surface area contributed by atoms with Crippen LogP contribution in [0.3, 0.4) is 0 Å². The van der Waals surface area contributed by atoms with Crippen molar-refractivity contribution in [1.29, 1.82) is 0 Å². The monoisotopic (exact) mass is 384 g/mol. The first-order valence-electron chi connectivity index (χ1n) is 8.52. The summed E-state index contributed by atoms with van der Waals surface area (Å²) in [6.07, 6.45) is 3.33. The van der Waals surface area contributed by atoms with Gasteiger partial charge in [0.25, 0.3) is 5.91 Å². The maximum Gasteiger partial charge on any atom is 0.254 e. The molecule has 0 saturated carbocycles. The molecule has 0 fully saturated rings. The average molecular weight is 384 g/mol. The van der Waals surface area contributed by atoms with Crippen LogP contribution in [0.25, 0.3) is 0 Å². The van der Waals surface area contributed by atoms with Gasteiger partial charge in [0.05, 0.1) is 17.9 Å². The predicted molar refractivity (Wildman–Crippen MR) is 102 cm³/mol. The van der Waals surface area contributed by atoms with E-state index in [1.165, 1.54) is 11.8 Å². The predicted octanol–water partition coefficient (Wildman–Crippen LogP) is 3.39. The minimum Gasteiger partial charge on any atom is -0.478 e. The van der Waals surface area contributed by atoms with Crippen molar-refractivity contribution in [3.63, 3.8) is 0 Å². The molecule has 7 nitrogen and oxygen atoms in total. The molecule has 0 spiro atoms. The number of rotatable bonds is 8. The maximum absolute atomic E-state index is 12.7. The summed E-state index contributed by atoms with van der Waals surface area (Å²) in [7, 11) is 0. The van der Waals surface area contributed by atoms with E-state index >= 15 is 0 Å². The van der Waals surface area contributed by atoms with Gasteiger partial charge in [0.1, 0.15) is 10.8 Å². The molecule has 0 bridgehead atoms. The first kappa shape index (κ1) is 18.9. The van der Waals surface area contributed by atoms with Crippen LogP contribution < -0.4 is 10.1 Å². The summed E-state index contributed by atoms with van der Waals surface area (Å²) in [6, 6.07) is 9.06. The highest BCUT2D eigenvalue weighted by atomic mass is 32.2. The third-order valence-electron chi connectivity index (χ3n) is 3.62. The number of nitrogens with one attached hydrogen (secondary N) is 1. The number of amides is 1. The van der Waals surface area contributed by atoms with Crippen LogP contribution in [0.15, 0.2) is 52.3 Å². The fraction of sp³-hybridized carbons (Fsp3) is 0.263. The van der Waals surface area contributed by atoms with Gasteiger partial charge in [0.2, 0.25) is 5.88 Å². The van der Waals surface area contributed by atoms with E-state index in [0.29, 0.717) is 35.4 Å². The quantitative estimate of drug-likeness (QED) is 0.595. The molecule has 0 aliphatic heterocycles. The highest BCUT2D eigenvalue weighted by molar-refractivity contribution is 7.98. The number of ether oxygens (including phenoxy) is 1. The van der Waals surface area contributed by atoms with Gasteiger partial charge in [-0.3, -0.25) is 4.79 Å². The van der Waals surface area contributed by atoms with Crippen molar-refractivity contribution in [2.75, 3.05) is 6.61 Å². The number of hydrogen-bond acceptors (Lipinski definition) is 7. The first-order valence-corrected chi connectivity index (χ1v) is 9.51. The molecule has 3 aromatic rings. The van der Waals surface area contributed by atoms with Gasteiger partial charge in [-0.25, -0.2) is 9.97 Å². The zero-order chi connectivity index (χ0) is 19.1. The molecule has 1 amide bonds. The van der Waals surface area contributed by atoms with Crippen LogP contribution in [0.4, 0.5) is 0 Å².